The van der Waals surface area contributed by atoms with Crippen LogP contribution in [0.2, 0.25) is 0 Å². The van der Waals surface area contributed by atoms with Gasteiger partial charge in [-0.3, -0.25) is 9.89 Å². The normalized spacial score (nSPS) is 12.2. The maximum atomic E-state index is 5.93. The van der Waals surface area contributed by atoms with Crippen LogP contribution in [0.25, 0.3) is 0 Å². The van der Waals surface area contributed by atoms with E-state index in [0.29, 0.717) is 18.0 Å². The molecule has 2 N–H and O–H groups in total. The van der Waals surface area contributed by atoms with Gasteiger partial charge in [0.25, 0.3) is 0 Å². The van der Waals surface area contributed by atoms with Gasteiger partial charge in [-0.1, -0.05) is 0 Å². The molecule has 0 aromatic heterocycles. The fourth-order valence-electron chi connectivity index (χ4n) is 2.04. The number of hydrogen-bond acceptors (Lipinski definition) is 2. The zero-order valence-electron chi connectivity index (χ0n) is 12.8. The third-order valence-electron chi connectivity index (χ3n) is 3.05. The molecule has 0 aromatic rings. The first-order valence-electron chi connectivity index (χ1n) is 6.74. The van der Waals surface area contributed by atoms with Crippen molar-refractivity contribution in [2.24, 2.45) is 10.7 Å². The monoisotopic (exact) mass is 370 g/mol. The van der Waals surface area contributed by atoms with E-state index in [1.807, 2.05) is 0 Å². The Hall–Kier alpha value is -0.0400. The van der Waals surface area contributed by atoms with Crippen molar-refractivity contribution in [3.8, 4) is 0 Å². The van der Waals surface area contributed by atoms with E-state index in [-0.39, 0.29) is 24.0 Å². The molecule has 5 heteroatoms. The van der Waals surface area contributed by atoms with Crippen LogP contribution in [0.15, 0.2) is 4.99 Å². The Kier molecular flexibility index (Phi) is 12.2. The first-order chi connectivity index (χ1) is 7.93. The second kappa shape index (κ2) is 10.8. The van der Waals surface area contributed by atoms with E-state index in [9.17, 15) is 0 Å². The number of halogens is 1. The summed E-state index contributed by atoms with van der Waals surface area (Å²) in [5.74, 6) is 0.669. The van der Waals surface area contributed by atoms with Gasteiger partial charge in [-0.2, -0.15) is 0 Å². The quantitative estimate of drug-likeness (QED) is 0.425. The average Bonchev–Trinajstić information content (AvgIpc) is 2.24. The van der Waals surface area contributed by atoms with E-state index in [1.165, 1.54) is 0 Å². The zero-order valence-corrected chi connectivity index (χ0v) is 15.1. The zero-order chi connectivity index (χ0) is 13.4. The second-order valence-corrected chi connectivity index (χ2v) is 4.84. The van der Waals surface area contributed by atoms with Gasteiger partial charge in [0.15, 0.2) is 5.96 Å². The molecule has 0 fully saturated rings. The number of nitrogens with zero attached hydrogens (tertiary/aromatic N) is 3. The summed E-state index contributed by atoms with van der Waals surface area (Å²) in [6.45, 7) is 16.7. The highest BCUT2D eigenvalue weighted by molar-refractivity contribution is 14.0. The summed E-state index contributed by atoms with van der Waals surface area (Å²) in [6.07, 6.45) is 0. The molecule has 4 nitrogen and oxygen atoms in total. The van der Waals surface area contributed by atoms with E-state index in [0.717, 1.165) is 26.2 Å². The Labute approximate surface area is 130 Å². The summed E-state index contributed by atoms with van der Waals surface area (Å²) in [5, 5.41) is 0. The minimum atomic E-state index is 0. The molecule has 0 radical (unpaired) electrons. The van der Waals surface area contributed by atoms with Gasteiger partial charge in [0, 0.05) is 31.7 Å². The van der Waals surface area contributed by atoms with Gasteiger partial charge in [-0.15, -0.1) is 24.0 Å². The van der Waals surface area contributed by atoms with Crippen molar-refractivity contribution in [2.75, 3.05) is 26.2 Å². The molecule has 0 aliphatic heterocycles. The maximum absolute atomic E-state index is 5.93. The number of hydrogen-bond donors (Lipinski definition) is 1. The summed E-state index contributed by atoms with van der Waals surface area (Å²) in [5.41, 5.74) is 5.93. The summed E-state index contributed by atoms with van der Waals surface area (Å²) in [4.78, 5) is 8.96. The summed E-state index contributed by atoms with van der Waals surface area (Å²) in [6, 6.07) is 1.11. The Morgan fingerprint density at radius 2 is 1.50 bits per heavy atom. The molecule has 0 aliphatic carbocycles. The number of nitrogens with two attached hydrogens (primary N) is 1. The van der Waals surface area contributed by atoms with Crippen LogP contribution in [0.4, 0.5) is 0 Å². The molecular weight excluding hydrogens is 339 g/mol. The van der Waals surface area contributed by atoms with Gasteiger partial charge in [0.1, 0.15) is 0 Å². The summed E-state index contributed by atoms with van der Waals surface area (Å²) in [7, 11) is 0. The molecule has 0 heterocycles. The standard InChI is InChI=1S/C13H30N4.HI/c1-7-16(8-2)13(14)15-9-10-17(11(3)4)12(5)6;/h11-12H,7-10H2,1-6H3,(H2,14,15);1H. The lowest BCUT2D eigenvalue weighted by Crippen LogP contribution is -2.40. The molecule has 0 saturated heterocycles. The SMILES string of the molecule is CCN(CC)C(N)=NCCN(C(C)C)C(C)C.I. The predicted octanol–water partition coefficient (Wildman–Crippen LogP) is 2.38. The molecule has 0 saturated carbocycles. The van der Waals surface area contributed by atoms with Crippen LogP contribution in [-0.4, -0.2) is 54.0 Å². The van der Waals surface area contributed by atoms with E-state index in [4.69, 9.17) is 5.73 Å². The Bertz CT molecular complexity index is 217. The summed E-state index contributed by atoms with van der Waals surface area (Å²) >= 11 is 0. The van der Waals surface area contributed by atoms with Crippen LogP contribution < -0.4 is 5.73 Å². The maximum Gasteiger partial charge on any atom is 0.191 e. The molecule has 0 amide bonds. The summed E-state index contributed by atoms with van der Waals surface area (Å²) < 4.78 is 0. The van der Waals surface area contributed by atoms with Gasteiger partial charge < -0.3 is 10.6 Å². The fourth-order valence-corrected chi connectivity index (χ4v) is 2.04. The number of aliphatic imine (C=N–C) groups is 1. The van der Waals surface area contributed by atoms with E-state index in [1.54, 1.807) is 0 Å². The van der Waals surface area contributed by atoms with Crippen molar-refractivity contribution in [3.63, 3.8) is 0 Å². The third kappa shape index (κ3) is 7.41. The predicted molar refractivity (Wildman–Crippen MR) is 91.8 cm³/mol. The Balaban J connectivity index is 0. The van der Waals surface area contributed by atoms with Crippen LogP contribution in [0.5, 0.6) is 0 Å². The first-order valence-corrected chi connectivity index (χ1v) is 6.74. The fraction of sp³-hybridized carbons (Fsp3) is 0.923. The molecule has 0 unspecified atom stereocenters. The van der Waals surface area contributed by atoms with Gasteiger partial charge in [0.05, 0.1) is 6.54 Å². The lowest BCUT2D eigenvalue weighted by molar-refractivity contribution is 0.180. The molecule has 0 rings (SSSR count). The minimum absolute atomic E-state index is 0. The molecule has 0 bridgehead atoms. The third-order valence-corrected chi connectivity index (χ3v) is 3.05. The minimum Gasteiger partial charge on any atom is -0.370 e. The van der Waals surface area contributed by atoms with E-state index < -0.39 is 0 Å². The smallest absolute Gasteiger partial charge is 0.191 e. The van der Waals surface area contributed by atoms with Crippen molar-refractivity contribution < 1.29 is 0 Å². The highest BCUT2D eigenvalue weighted by Crippen LogP contribution is 2.03. The molecule has 18 heavy (non-hydrogen) atoms. The number of rotatable bonds is 7. The molecular formula is C13H31IN4. The van der Waals surface area contributed by atoms with Crippen LogP contribution in [0.3, 0.4) is 0 Å². The average molecular weight is 370 g/mol. The van der Waals surface area contributed by atoms with Crippen molar-refractivity contribution >= 4 is 29.9 Å². The van der Waals surface area contributed by atoms with Gasteiger partial charge >= 0.3 is 0 Å². The molecule has 0 aliphatic rings. The Morgan fingerprint density at radius 3 is 1.83 bits per heavy atom. The van der Waals surface area contributed by atoms with E-state index in [2.05, 4.69) is 56.3 Å². The van der Waals surface area contributed by atoms with Crippen molar-refractivity contribution in [1.29, 1.82) is 0 Å². The van der Waals surface area contributed by atoms with Crippen molar-refractivity contribution in [1.82, 2.24) is 9.80 Å². The second-order valence-electron chi connectivity index (χ2n) is 4.84. The van der Waals surface area contributed by atoms with Gasteiger partial charge in [-0.05, 0) is 41.5 Å². The van der Waals surface area contributed by atoms with Crippen LogP contribution in [-0.2, 0) is 0 Å². The van der Waals surface area contributed by atoms with Gasteiger partial charge in [0.2, 0.25) is 0 Å². The molecule has 0 aromatic carbocycles. The Morgan fingerprint density at radius 1 is 1.06 bits per heavy atom. The highest BCUT2D eigenvalue weighted by Gasteiger charge is 2.12. The lowest BCUT2D eigenvalue weighted by Gasteiger charge is -2.30. The molecule has 0 spiro atoms. The molecule has 0 atom stereocenters. The van der Waals surface area contributed by atoms with E-state index >= 15 is 0 Å². The highest BCUT2D eigenvalue weighted by atomic mass is 127. The van der Waals surface area contributed by atoms with Crippen molar-refractivity contribution in [2.45, 2.75) is 53.6 Å². The lowest BCUT2D eigenvalue weighted by atomic mass is 10.2. The van der Waals surface area contributed by atoms with Crippen LogP contribution in [0, 0.1) is 0 Å². The number of guanidine groups is 1. The van der Waals surface area contributed by atoms with Crippen LogP contribution in [0.1, 0.15) is 41.5 Å². The topological polar surface area (TPSA) is 44.9 Å². The van der Waals surface area contributed by atoms with Crippen LogP contribution >= 0.6 is 24.0 Å². The molecule has 110 valence electrons. The first kappa shape index (κ1) is 20.3. The van der Waals surface area contributed by atoms with Crippen molar-refractivity contribution in [3.05, 3.63) is 0 Å². The van der Waals surface area contributed by atoms with Gasteiger partial charge in [-0.25, -0.2) is 0 Å². The largest absolute Gasteiger partial charge is 0.370 e.